The van der Waals surface area contributed by atoms with Crippen LogP contribution in [0, 0.1) is 0 Å². The Balaban J connectivity index is 1.63. The van der Waals surface area contributed by atoms with Crippen LogP contribution in [0.4, 0.5) is 11.4 Å². The average Bonchev–Trinajstić information content (AvgIpc) is 3.07. The van der Waals surface area contributed by atoms with Gasteiger partial charge in [-0.05, 0) is 42.5 Å². The number of amides is 2. The lowest BCUT2D eigenvalue weighted by Crippen LogP contribution is -2.18. The summed E-state index contributed by atoms with van der Waals surface area (Å²) < 4.78 is 0.902. The largest absolute Gasteiger partial charge is 0.322 e. The van der Waals surface area contributed by atoms with E-state index in [4.69, 9.17) is 34.8 Å². The van der Waals surface area contributed by atoms with E-state index in [0.717, 1.165) is 10.1 Å². The van der Waals surface area contributed by atoms with Gasteiger partial charge in [0, 0.05) is 20.8 Å². The average molecular weight is 476 g/mol. The molecule has 0 aliphatic heterocycles. The topological polar surface area (TPSA) is 58.2 Å². The number of hydrogen-bond acceptors (Lipinski definition) is 3. The molecule has 0 spiro atoms. The van der Waals surface area contributed by atoms with Crippen molar-refractivity contribution >= 4 is 79.4 Å². The van der Waals surface area contributed by atoms with Crippen LogP contribution in [0.1, 0.15) is 20.0 Å². The molecule has 0 unspecified atom stereocenters. The molecule has 0 bridgehead atoms. The summed E-state index contributed by atoms with van der Waals surface area (Å²) in [5, 5.41) is 7.47. The standard InChI is InChI=1S/C22H13Cl3N2O2S/c23-12-8-10-13(11-9-12)26-21(28)18-15(24)5-3-6-16(18)27-22(29)20-19(25)14-4-1-2-7-17(14)30-20/h1-11H,(H,26,28)(H,27,29). The highest BCUT2D eigenvalue weighted by Crippen LogP contribution is 2.36. The summed E-state index contributed by atoms with van der Waals surface area (Å²) in [4.78, 5) is 26.1. The maximum Gasteiger partial charge on any atom is 0.267 e. The Morgan fingerprint density at radius 3 is 2.23 bits per heavy atom. The van der Waals surface area contributed by atoms with E-state index in [-0.39, 0.29) is 16.3 Å². The number of fused-ring (bicyclic) bond motifs is 1. The number of hydrogen-bond donors (Lipinski definition) is 2. The van der Waals surface area contributed by atoms with Crippen molar-refractivity contribution in [1.29, 1.82) is 0 Å². The summed E-state index contributed by atoms with van der Waals surface area (Å²) >= 11 is 19.9. The summed E-state index contributed by atoms with van der Waals surface area (Å²) in [5.41, 5.74) is 0.987. The lowest BCUT2D eigenvalue weighted by atomic mass is 10.1. The van der Waals surface area contributed by atoms with Gasteiger partial charge in [0.1, 0.15) is 4.88 Å². The second-order valence-corrected chi connectivity index (χ2v) is 8.59. The number of carbonyl (C=O) groups is 2. The van der Waals surface area contributed by atoms with Gasteiger partial charge in [0.25, 0.3) is 11.8 Å². The fraction of sp³-hybridized carbons (Fsp3) is 0. The molecule has 0 radical (unpaired) electrons. The van der Waals surface area contributed by atoms with Crippen LogP contribution in [0.15, 0.2) is 66.7 Å². The highest BCUT2D eigenvalue weighted by Gasteiger charge is 2.21. The Kier molecular flexibility index (Phi) is 5.97. The van der Waals surface area contributed by atoms with Crippen molar-refractivity contribution in [2.45, 2.75) is 0 Å². The number of rotatable bonds is 4. The second-order valence-electron chi connectivity index (χ2n) is 6.32. The van der Waals surface area contributed by atoms with Crippen LogP contribution in [-0.4, -0.2) is 11.8 Å². The van der Waals surface area contributed by atoms with Crippen molar-refractivity contribution in [2.24, 2.45) is 0 Å². The fourth-order valence-electron chi connectivity index (χ4n) is 2.93. The Hall–Kier alpha value is -2.57. The van der Waals surface area contributed by atoms with Crippen molar-refractivity contribution in [3.05, 3.63) is 92.2 Å². The molecule has 0 saturated heterocycles. The lowest BCUT2D eigenvalue weighted by molar-refractivity contribution is 0.102. The number of carbonyl (C=O) groups excluding carboxylic acids is 2. The summed E-state index contributed by atoms with van der Waals surface area (Å²) in [7, 11) is 0. The van der Waals surface area contributed by atoms with Crippen LogP contribution in [0.3, 0.4) is 0 Å². The summed E-state index contributed by atoms with van der Waals surface area (Å²) in [6.45, 7) is 0. The fourth-order valence-corrected chi connectivity index (χ4v) is 4.72. The molecule has 3 aromatic carbocycles. The highest BCUT2D eigenvalue weighted by molar-refractivity contribution is 7.21. The van der Waals surface area contributed by atoms with E-state index < -0.39 is 11.8 Å². The molecule has 4 nitrogen and oxygen atoms in total. The summed E-state index contributed by atoms with van der Waals surface area (Å²) in [6, 6.07) is 19.0. The van der Waals surface area contributed by atoms with E-state index in [1.54, 1.807) is 42.5 Å². The molecule has 2 amide bonds. The SMILES string of the molecule is O=C(Nc1cccc(Cl)c1C(=O)Nc1ccc(Cl)cc1)c1sc2ccccc2c1Cl. The van der Waals surface area contributed by atoms with E-state index in [9.17, 15) is 9.59 Å². The van der Waals surface area contributed by atoms with Gasteiger partial charge in [0.2, 0.25) is 0 Å². The van der Waals surface area contributed by atoms with Gasteiger partial charge in [-0.25, -0.2) is 0 Å². The predicted octanol–water partition coefficient (Wildman–Crippen LogP) is 7.37. The van der Waals surface area contributed by atoms with E-state index in [1.165, 1.54) is 11.3 Å². The van der Waals surface area contributed by atoms with Crippen LogP contribution in [0.25, 0.3) is 10.1 Å². The zero-order valence-electron chi connectivity index (χ0n) is 15.2. The smallest absolute Gasteiger partial charge is 0.267 e. The number of nitrogens with one attached hydrogen (secondary N) is 2. The lowest BCUT2D eigenvalue weighted by Gasteiger charge is -2.13. The molecule has 30 heavy (non-hydrogen) atoms. The van der Waals surface area contributed by atoms with Gasteiger partial charge < -0.3 is 10.6 Å². The quantitative estimate of drug-likeness (QED) is 0.324. The molecular formula is C22H13Cl3N2O2S. The van der Waals surface area contributed by atoms with Gasteiger partial charge in [0.15, 0.2) is 0 Å². The number of thiophene rings is 1. The highest BCUT2D eigenvalue weighted by atomic mass is 35.5. The minimum Gasteiger partial charge on any atom is -0.322 e. The molecule has 4 rings (SSSR count). The van der Waals surface area contributed by atoms with E-state index in [2.05, 4.69) is 10.6 Å². The molecule has 2 N–H and O–H groups in total. The van der Waals surface area contributed by atoms with Crippen LogP contribution < -0.4 is 10.6 Å². The van der Waals surface area contributed by atoms with Gasteiger partial charge in [0.05, 0.1) is 21.3 Å². The van der Waals surface area contributed by atoms with E-state index in [1.807, 2.05) is 24.3 Å². The first-order chi connectivity index (χ1) is 14.4. The first-order valence-corrected chi connectivity index (χ1v) is 10.7. The van der Waals surface area contributed by atoms with Crippen molar-refractivity contribution in [2.75, 3.05) is 10.6 Å². The summed E-state index contributed by atoms with van der Waals surface area (Å²) in [5.74, 6) is -0.871. The number of halogens is 3. The molecule has 1 aromatic heterocycles. The monoisotopic (exact) mass is 474 g/mol. The maximum atomic E-state index is 12.9. The molecule has 1 heterocycles. The number of anilines is 2. The first kappa shape index (κ1) is 20.7. The van der Waals surface area contributed by atoms with E-state index in [0.29, 0.717) is 20.6 Å². The Morgan fingerprint density at radius 1 is 0.767 bits per heavy atom. The molecule has 0 aliphatic rings. The molecule has 0 saturated carbocycles. The van der Waals surface area contributed by atoms with Crippen LogP contribution >= 0.6 is 46.1 Å². The zero-order chi connectivity index (χ0) is 21.3. The number of benzene rings is 3. The third-order valence-corrected chi connectivity index (χ3v) is 6.57. The normalized spacial score (nSPS) is 10.8. The third kappa shape index (κ3) is 4.16. The van der Waals surface area contributed by atoms with Gasteiger partial charge in [-0.1, -0.05) is 59.1 Å². The van der Waals surface area contributed by atoms with Gasteiger partial charge >= 0.3 is 0 Å². The van der Waals surface area contributed by atoms with Crippen molar-refractivity contribution < 1.29 is 9.59 Å². The molecule has 0 atom stereocenters. The maximum absolute atomic E-state index is 12.9. The molecule has 0 aliphatic carbocycles. The van der Waals surface area contributed by atoms with Crippen LogP contribution in [-0.2, 0) is 0 Å². The zero-order valence-corrected chi connectivity index (χ0v) is 18.3. The molecule has 4 aromatic rings. The minimum absolute atomic E-state index is 0.153. The Labute approximate surface area is 191 Å². The van der Waals surface area contributed by atoms with Crippen molar-refractivity contribution in [1.82, 2.24) is 0 Å². The molecule has 0 fully saturated rings. The van der Waals surface area contributed by atoms with Gasteiger partial charge in [-0.15, -0.1) is 11.3 Å². The van der Waals surface area contributed by atoms with Crippen molar-refractivity contribution in [3.8, 4) is 0 Å². The predicted molar refractivity (Wildman–Crippen MR) is 126 cm³/mol. The van der Waals surface area contributed by atoms with E-state index >= 15 is 0 Å². The Bertz CT molecular complexity index is 1270. The van der Waals surface area contributed by atoms with Gasteiger partial charge in [-0.3, -0.25) is 9.59 Å². The van der Waals surface area contributed by atoms with Crippen LogP contribution in [0.2, 0.25) is 15.1 Å². The minimum atomic E-state index is -0.458. The van der Waals surface area contributed by atoms with Gasteiger partial charge in [-0.2, -0.15) is 0 Å². The Morgan fingerprint density at radius 2 is 1.50 bits per heavy atom. The third-order valence-electron chi connectivity index (χ3n) is 4.33. The molecular weight excluding hydrogens is 463 g/mol. The molecule has 8 heteroatoms. The second kappa shape index (κ2) is 8.66. The van der Waals surface area contributed by atoms with Crippen LogP contribution in [0.5, 0.6) is 0 Å². The first-order valence-electron chi connectivity index (χ1n) is 8.78. The van der Waals surface area contributed by atoms with Crippen molar-refractivity contribution in [3.63, 3.8) is 0 Å². The summed E-state index contributed by atoms with van der Waals surface area (Å²) in [6.07, 6.45) is 0. The molecule has 150 valence electrons.